The number of nitrogens with one attached hydrogen (secondary N) is 1. The van der Waals surface area contributed by atoms with Gasteiger partial charge in [0.05, 0.1) is 10.9 Å². The Morgan fingerprint density at radius 3 is 3.07 bits per heavy atom. The lowest BCUT2D eigenvalue weighted by Crippen LogP contribution is -2.10. The topological polar surface area (TPSA) is 38.3 Å². The number of halogens is 1. The van der Waals surface area contributed by atoms with E-state index in [1.54, 1.807) is 17.5 Å². The van der Waals surface area contributed by atoms with Crippen LogP contribution in [0.25, 0.3) is 0 Å². The molecule has 5 heteroatoms. The summed E-state index contributed by atoms with van der Waals surface area (Å²) >= 11 is 5.12. The van der Waals surface area contributed by atoms with Crippen LogP contribution in [-0.2, 0) is 16.0 Å². The van der Waals surface area contributed by atoms with Crippen molar-refractivity contribution in [2.24, 2.45) is 0 Å². The summed E-state index contributed by atoms with van der Waals surface area (Å²) in [5, 5.41) is 3.02. The number of hydrogen-bond acceptors (Lipinski definition) is 4. The highest BCUT2D eigenvalue weighted by atomic mass is 79.9. The SMILES string of the molecule is COC(=O)/C=C/NCCc1ccc(Br)s1. The summed E-state index contributed by atoms with van der Waals surface area (Å²) in [6, 6.07) is 4.12. The van der Waals surface area contributed by atoms with Crippen LogP contribution in [0.15, 0.2) is 28.2 Å². The molecule has 1 aromatic heterocycles. The Bertz CT molecular complexity index is 349. The van der Waals surface area contributed by atoms with Crippen LogP contribution in [-0.4, -0.2) is 19.6 Å². The fraction of sp³-hybridized carbons (Fsp3) is 0.300. The molecule has 0 saturated carbocycles. The molecule has 1 heterocycles. The second kappa shape index (κ2) is 6.63. The van der Waals surface area contributed by atoms with Crippen LogP contribution in [0.3, 0.4) is 0 Å². The van der Waals surface area contributed by atoms with Gasteiger partial charge in [0.2, 0.25) is 0 Å². The number of esters is 1. The van der Waals surface area contributed by atoms with Crippen LogP contribution >= 0.6 is 27.3 Å². The zero-order valence-corrected chi connectivity index (χ0v) is 10.7. The number of methoxy groups -OCH3 is 1. The lowest BCUT2D eigenvalue weighted by Gasteiger charge is -1.97. The van der Waals surface area contributed by atoms with E-state index in [1.807, 2.05) is 6.07 Å². The monoisotopic (exact) mass is 289 g/mol. The van der Waals surface area contributed by atoms with Gasteiger partial charge in [-0.2, -0.15) is 0 Å². The molecule has 1 rings (SSSR count). The van der Waals surface area contributed by atoms with Crippen LogP contribution in [0.4, 0.5) is 0 Å². The highest BCUT2D eigenvalue weighted by Gasteiger charge is 1.96. The fourth-order valence-electron chi connectivity index (χ4n) is 0.960. The Morgan fingerprint density at radius 2 is 2.47 bits per heavy atom. The fourth-order valence-corrected chi connectivity index (χ4v) is 2.44. The van der Waals surface area contributed by atoms with Crippen molar-refractivity contribution < 1.29 is 9.53 Å². The quantitative estimate of drug-likeness (QED) is 0.514. The largest absolute Gasteiger partial charge is 0.466 e. The molecular weight excluding hydrogens is 278 g/mol. The van der Waals surface area contributed by atoms with Crippen molar-refractivity contribution in [2.75, 3.05) is 13.7 Å². The first kappa shape index (κ1) is 12.3. The van der Waals surface area contributed by atoms with Crippen molar-refractivity contribution in [2.45, 2.75) is 6.42 Å². The maximum absolute atomic E-state index is 10.7. The van der Waals surface area contributed by atoms with Crippen LogP contribution < -0.4 is 5.32 Å². The van der Waals surface area contributed by atoms with Crippen molar-refractivity contribution in [3.05, 3.63) is 33.1 Å². The number of ether oxygens (including phenoxy) is 1. The van der Waals surface area contributed by atoms with Crippen LogP contribution in [0.5, 0.6) is 0 Å². The zero-order chi connectivity index (χ0) is 11.1. The number of carbonyl (C=O) groups is 1. The minimum Gasteiger partial charge on any atom is -0.466 e. The normalized spacial score (nSPS) is 10.5. The Labute approximate surface area is 101 Å². The van der Waals surface area contributed by atoms with E-state index >= 15 is 0 Å². The summed E-state index contributed by atoms with van der Waals surface area (Å²) in [6.45, 7) is 0.806. The van der Waals surface area contributed by atoms with Crippen LogP contribution in [0, 0.1) is 0 Å². The first-order chi connectivity index (χ1) is 7.22. The first-order valence-corrected chi connectivity index (χ1v) is 6.05. The third-order valence-electron chi connectivity index (χ3n) is 1.68. The van der Waals surface area contributed by atoms with Crippen LogP contribution in [0.1, 0.15) is 4.88 Å². The van der Waals surface area contributed by atoms with Crippen molar-refractivity contribution in [1.82, 2.24) is 5.32 Å². The van der Waals surface area contributed by atoms with Gasteiger partial charge < -0.3 is 10.1 Å². The van der Waals surface area contributed by atoms with Crippen molar-refractivity contribution >= 4 is 33.2 Å². The van der Waals surface area contributed by atoms with E-state index in [2.05, 4.69) is 32.0 Å². The van der Waals surface area contributed by atoms with Crippen molar-refractivity contribution in [1.29, 1.82) is 0 Å². The number of thiophene rings is 1. The van der Waals surface area contributed by atoms with E-state index in [1.165, 1.54) is 18.1 Å². The molecule has 3 nitrogen and oxygen atoms in total. The molecule has 82 valence electrons. The Morgan fingerprint density at radius 1 is 1.67 bits per heavy atom. The minimum atomic E-state index is -0.346. The van der Waals surface area contributed by atoms with E-state index in [0.717, 1.165) is 16.8 Å². The predicted octanol–water partition coefficient (Wildman–Crippen LogP) is 2.33. The molecule has 0 bridgehead atoms. The number of rotatable bonds is 5. The predicted molar refractivity (Wildman–Crippen MR) is 64.9 cm³/mol. The first-order valence-electron chi connectivity index (χ1n) is 4.44. The van der Waals surface area contributed by atoms with Gasteiger partial charge in [-0.25, -0.2) is 4.79 Å². The molecule has 0 amide bonds. The molecule has 0 radical (unpaired) electrons. The van der Waals surface area contributed by atoms with E-state index in [-0.39, 0.29) is 5.97 Å². The molecule has 0 unspecified atom stereocenters. The summed E-state index contributed by atoms with van der Waals surface area (Å²) in [6.07, 6.45) is 3.92. The molecule has 0 atom stereocenters. The minimum absolute atomic E-state index is 0.346. The zero-order valence-electron chi connectivity index (χ0n) is 8.33. The standard InChI is InChI=1S/C10H12BrNO2S/c1-14-10(13)5-7-12-6-4-8-2-3-9(11)15-8/h2-3,5,7,12H,4,6H2,1H3/b7-5+. The van der Waals surface area contributed by atoms with Gasteiger partial charge in [-0.3, -0.25) is 0 Å². The van der Waals surface area contributed by atoms with Gasteiger partial charge in [0, 0.05) is 23.7 Å². The van der Waals surface area contributed by atoms with Gasteiger partial charge in [0.1, 0.15) is 0 Å². The number of hydrogen-bond donors (Lipinski definition) is 1. The molecule has 1 aromatic rings. The maximum Gasteiger partial charge on any atom is 0.331 e. The molecule has 1 N–H and O–H groups in total. The Hall–Kier alpha value is -0.810. The summed E-state index contributed by atoms with van der Waals surface area (Å²) in [4.78, 5) is 12.0. The lowest BCUT2D eigenvalue weighted by atomic mass is 10.3. The van der Waals surface area contributed by atoms with E-state index < -0.39 is 0 Å². The second-order valence-corrected chi connectivity index (χ2v) is 5.31. The van der Waals surface area contributed by atoms with E-state index in [9.17, 15) is 4.79 Å². The van der Waals surface area contributed by atoms with Gasteiger partial charge in [-0.1, -0.05) is 0 Å². The highest BCUT2D eigenvalue weighted by molar-refractivity contribution is 9.11. The van der Waals surface area contributed by atoms with Gasteiger partial charge >= 0.3 is 5.97 Å². The third-order valence-corrected chi connectivity index (χ3v) is 3.37. The summed E-state index contributed by atoms with van der Waals surface area (Å²) in [5.41, 5.74) is 0. The molecule has 0 aliphatic heterocycles. The van der Waals surface area contributed by atoms with Gasteiger partial charge in [0.25, 0.3) is 0 Å². The molecule has 0 fully saturated rings. The Balaban J connectivity index is 2.17. The molecule has 0 aliphatic carbocycles. The van der Waals surface area contributed by atoms with Gasteiger partial charge in [-0.15, -0.1) is 11.3 Å². The highest BCUT2D eigenvalue weighted by Crippen LogP contribution is 2.21. The van der Waals surface area contributed by atoms with E-state index in [4.69, 9.17) is 0 Å². The Kier molecular flexibility index (Phi) is 5.42. The smallest absolute Gasteiger partial charge is 0.331 e. The number of carbonyl (C=O) groups excluding carboxylic acids is 1. The third kappa shape index (κ3) is 4.99. The lowest BCUT2D eigenvalue weighted by molar-refractivity contribution is -0.134. The molecule has 15 heavy (non-hydrogen) atoms. The maximum atomic E-state index is 10.7. The summed E-state index contributed by atoms with van der Waals surface area (Å²) in [7, 11) is 1.36. The van der Waals surface area contributed by atoms with Crippen LogP contribution in [0.2, 0.25) is 0 Å². The molecule has 0 saturated heterocycles. The molecule has 0 spiro atoms. The molecule has 0 aliphatic rings. The van der Waals surface area contributed by atoms with Gasteiger partial charge in [-0.05, 0) is 34.5 Å². The second-order valence-electron chi connectivity index (χ2n) is 2.77. The summed E-state index contributed by atoms with van der Waals surface area (Å²) in [5.74, 6) is -0.346. The van der Waals surface area contributed by atoms with E-state index in [0.29, 0.717) is 0 Å². The van der Waals surface area contributed by atoms with Crippen molar-refractivity contribution in [3.8, 4) is 0 Å². The van der Waals surface area contributed by atoms with Crippen molar-refractivity contribution in [3.63, 3.8) is 0 Å². The molecular formula is C10H12BrNO2S. The summed E-state index contributed by atoms with van der Waals surface area (Å²) < 4.78 is 5.59. The average Bonchev–Trinajstić information content (AvgIpc) is 2.63. The average molecular weight is 290 g/mol. The molecule has 0 aromatic carbocycles. The van der Waals surface area contributed by atoms with Gasteiger partial charge in [0.15, 0.2) is 0 Å².